The smallest absolute Gasteiger partial charge is 0.226 e. The molecule has 1 aliphatic rings. The molecule has 0 unspecified atom stereocenters. The Morgan fingerprint density at radius 3 is 2.73 bits per heavy atom. The van der Waals surface area contributed by atoms with Crippen LogP contribution in [0.15, 0.2) is 5.38 Å². The van der Waals surface area contributed by atoms with Crippen molar-refractivity contribution in [1.82, 2.24) is 14.6 Å². The Hall–Kier alpha value is -0.990. The first-order valence-corrected chi connectivity index (χ1v) is 9.87. The third-order valence-corrected chi connectivity index (χ3v) is 6.69. The Morgan fingerprint density at radius 2 is 2.18 bits per heavy atom. The molecular formula is C14H23N3O3S2. The summed E-state index contributed by atoms with van der Waals surface area (Å²) in [5, 5.41) is 5.68. The minimum atomic E-state index is -3.09. The summed E-state index contributed by atoms with van der Waals surface area (Å²) in [4.78, 5) is 16.4. The van der Waals surface area contributed by atoms with E-state index in [4.69, 9.17) is 0 Å². The van der Waals surface area contributed by atoms with Gasteiger partial charge in [0.15, 0.2) is 0 Å². The second-order valence-electron chi connectivity index (χ2n) is 6.49. The van der Waals surface area contributed by atoms with Crippen molar-refractivity contribution in [2.45, 2.75) is 39.0 Å². The molecule has 0 atom stereocenters. The first-order chi connectivity index (χ1) is 10.2. The molecular weight excluding hydrogens is 322 g/mol. The second kappa shape index (κ2) is 6.64. The standard InChI is InChI=1S/C14H23N3O3S2/c1-14(2,3)13-16-11(10-21-13)9-12(18)15-5-7-17-6-4-8-22(17,19)20/h10H,4-9H2,1-3H3,(H,15,18). The molecule has 1 saturated heterocycles. The van der Waals surface area contributed by atoms with Crippen molar-refractivity contribution >= 4 is 27.3 Å². The molecule has 0 radical (unpaired) electrons. The Morgan fingerprint density at radius 1 is 1.45 bits per heavy atom. The van der Waals surface area contributed by atoms with E-state index in [0.717, 1.165) is 10.7 Å². The molecule has 0 aliphatic carbocycles. The van der Waals surface area contributed by atoms with E-state index in [1.807, 2.05) is 5.38 Å². The molecule has 0 spiro atoms. The third-order valence-electron chi connectivity index (χ3n) is 3.42. The fraction of sp³-hybridized carbons (Fsp3) is 0.714. The van der Waals surface area contributed by atoms with Crippen LogP contribution in [0.4, 0.5) is 0 Å². The molecule has 0 bridgehead atoms. The largest absolute Gasteiger partial charge is 0.354 e. The summed E-state index contributed by atoms with van der Waals surface area (Å²) >= 11 is 1.56. The zero-order chi connectivity index (χ0) is 16.4. The highest BCUT2D eigenvalue weighted by molar-refractivity contribution is 7.89. The Labute approximate surface area is 136 Å². The van der Waals surface area contributed by atoms with Gasteiger partial charge in [-0.1, -0.05) is 20.8 Å². The fourth-order valence-corrected chi connectivity index (χ4v) is 4.66. The zero-order valence-corrected chi connectivity index (χ0v) is 14.9. The number of rotatable bonds is 5. The molecule has 0 saturated carbocycles. The minimum Gasteiger partial charge on any atom is -0.354 e. The number of hydrogen-bond acceptors (Lipinski definition) is 5. The van der Waals surface area contributed by atoms with Crippen LogP contribution in [0, 0.1) is 0 Å². The number of carbonyl (C=O) groups is 1. The van der Waals surface area contributed by atoms with Crippen molar-refractivity contribution in [2.75, 3.05) is 25.4 Å². The van der Waals surface area contributed by atoms with Gasteiger partial charge in [0.25, 0.3) is 0 Å². The molecule has 1 aliphatic heterocycles. The Bertz CT molecular complexity index is 632. The average molecular weight is 345 g/mol. The molecule has 8 heteroatoms. The van der Waals surface area contributed by atoms with E-state index in [9.17, 15) is 13.2 Å². The summed E-state index contributed by atoms with van der Waals surface area (Å²) in [6, 6.07) is 0. The van der Waals surface area contributed by atoms with Crippen molar-refractivity contribution in [3.05, 3.63) is 16.1 Å². The summed E-state index contributed by atoms with van der Waals surface area (Å²) < 4.78 is 24.7. The van der Waals surface area contributed by atoms with Gasteiger partial charge in [-0.3, -0.25) is 4.79 Å². The normalized spacial score (nSPS) is 18.5. The number of sulfonamides is 1. The number of thiazole rings is 1. The average Bonchev–Trinajstić information content (AvgIpc) is 2.96. The van der Waals surface area contributed by atoms with E-state index in [2.05, 4.69) is 31.1 Å². The van der Waals surface area contributed by atoms with Crippen molar-refractivity contribution in [2.24, 2.45) is 0 Å². The highest BCUT2D eigenvalue weighted by atomic mass is 32.2. The van der Waals surface area contributed by atoms with E-state index >= 15 is 0 Å². The van der Waals surface area contributed by atoms with Gasteiger partial charge in [0.05, 0.1) is 22.9 Å². The van der Waals surface area contributed by atoms with Gasteiger partial charge < -0.3 is 5.32 Å². The van der Waals surface area contributed by atoms with Crippen LogP contribution in [0.25, 0.3) is 0 Å². The van der Waals surface area contributed by atoms with Gasteiger partial charge in [-0.05, 0) is 6.42 Å². The molecule has 1 N–H and O–H groups in total. The van der Waals surface area contributed by atoms with Crippen LogP contribution in [0.5, 0.6) is 0 Å². The molecule has 1 amide bonds. The Kier molecular flexibility index (Phi) is 5.24. The van der Waals surface area contributed by atoms with Crippen LogP contribution in [-0.4, -0.2) is 49.0 Å². The second-order valence-corrected chi connectivity index (χ2v) is 9.44. The van der Waals surface area contributed by atoms with E-state index in [1.165, 1.54) is 4.31 Å². The molecule has 1 aromatic heterocycles. The number of amides is 1. The zero-order valence-electron chi connectivity index (χ0n) is 13.3. The van der Waals surface area contributed by atoms with Crippen molar-refractivity contribution in [3.63, 3.8) is 0 Å². The number of nitrogens with zero attached hydrogens (tertiary/aromatic N) is 2. The van der Waals surface area contributed by atoms with Crippen LogP contribution >= 0.6 is 11.3 Å². The number of carbonyl (C=O) groups excluding carboxylic acids is 1. The lowest BCUT2D eigenvalue weighted by Gasteiger charge is -2.14. The number of hydrogen-bond donors (Lipinski definition) is 1. The van der Waals surface area contributed by atoms with Crippen molar-refractivity contribution < 1.29 is 13.2 Å². The lowest BCUT2D eigenvalue weighted by molar-refractivity contribution is -0.120. The molecule has 0 aromatic carbocycles. The topological polar surface area (TPSA) is 79.4 Å². The van der Waals surface area contributed by atoms with Gasteiger partial charge >= 0.3 is 0 Å². The quantitative estimate of drug-likeness (QED) is 0.868. The van der Waals surface area contributed by atoms with Gasteiger partial charge in [0, 0.05) is 30.4 Å². The molecule has 1 aromatic rings. The molecule has 124 valence electrons. The van der Waals surface area contributed by atoms with Gasteiger partial charge in [-0.15, -0.1) is 11.3 Å². The Balaban J connectivity index is 1.78. The first-order valence-electron chi connectivity index (χ1n) is 7.38. The SMILES string of the molecule is CC(C)(C)c1nc(CC(=O)NCCN2CCCS2(=O)=O)cs1. The minimum absolute atomic E-state index is 0.0104. The summed E-state index contributed by atoms with van der Waals surface area (Å²) in [5.74, 6) is 0.0948. The van der Waals surface area contributed by atoms with Gasteiger partial charge in [-0.2, -0.15) is 0 Å². The van der Waals surface area contributed by atoms with Crippen molar-refractivity contribution in [1.29, 1.82) is 0 Å². The van der Waals surface area contributed by atoms with Crippen LogP contribution in [-0.2, 0) is 26.7 Å². The molecule has 1 fully saturated rings. The monoisotopic (exact) mass is 345 g/mol. The van der Waals surface area contributed by atoms with E-state index in [-0.39, 0.29) is 23.5 Å². The molecule has 22 heavy (non-hydrogen) atoms. The highest BCUT2D eigenvalue weighted by Crippen LogP contribution is 2.25. The maximum atomic E-state index is 11.9. The van der Waals surface area contributed by atoms with Crippen LogP contribution in [0.3, 0.4) is 0 Å². The summed E-state index contributed by atoms with van der Waals surface area (Å²) in [7, 11) is -3.09. The lowest BCUT2D eigenvalue weighted by atomic mass is 9.98. The predicted octanol–water partition coefficient (Wildman–Crippen LogP) is 1.13. The molecule has 2 heterocycles. The summed E-state index contributed by atoms with van der Waals surface area (Å²) in [6.07, 6.45) is 0.907. The first kappa shape index (κ1) is 17.4. The van der Waals surface area contributed by atoms with Gasteiger partial charge in [-0.25, -0.2) is 17.7 Å². The van der Waals surface area contributed by atoms with E-state index < -0.39 is 10.0 Å². The predicted molar refractivity (Wildman–Crippen MR) is 87.5 cm³/mol. The van der Waals surface area contributed by atoms with Gasteiger partial charge in [0.2, 0.25) is 15.9 Å². The highest BCUT2D eigenvalue weighted by Gasteiger charge is 2.27. The maximum absolute atomic E-state index is 11.9. The maximum Gasteiger partial charge on any atom is 0.226 e. The third kappa shape index (κ3) is 4.50. The fourth-order valence-electron chi connectivity index (χ4n) is 2.22. The van der Waals surface area contributed by atoms with Gasteiger partial charge in [0.1, 0.15) is 0 Å². The lowest BCUT2D eigenvalue weighted by Crippen LogP contribution is -2.36. The van der Waals surface area contributed by atoms with Crippen LogP contribution < -0.4 is 5.32 Å². The van der Waals surface area contributed by atoms with Crippen molar-refractivity contribution in [3.8, 4) is 0 Å². The van der Waals surface area contributed by atoms with Crippen LogP contribution in [0.1, 0.15) is 37.9 Å². The summed E-state index contributed by atoms with van der Waals surface area (Å²) in [6.45, 7) is 7.51. The molecule has 2 rings (SSSR count). The van der Waals surface area contributed by atoms with E-state index in [1.54, 1.807) is 11.3 Å². The number of nitrogens with one attached hydrogen (secondary N) is 1. The summed E-state index contributed by atoms with van der Waals surface area (Å²) in [5.41, 5.74) is 0.755. The number of aromatic nitrogens is 1. The van der Waals surface area contributed by atoms with E-state index in [0.29, 0.717) is 26.1 Å². The van der Waals surface area contributed by atoms with Crippen LogP contribution in [0.2, 0.25) is 0 Å². The molecule has 6 nitrogen and oxygen atoms in total.